The number of rotatable bonds is 6. The molecule has 1 aromatic carbocycles. The fourth-order valence-electron chi connectivity index (χ4n) is 1.94. The molecule has 6 heteroatoms. The lowest BCUT2D eigenvalue weighted by Gasteiger charge is -2.08. The van der Waals surface area contributed by atoms with Gasteiger partial charge in [0.1, 0.15) is 0 Å². The molecule has 6 nitrogen and oxygen atoms in total. The maximum Gasteiger partial charge on any atom is 0.372 e. The van der Waals surface area contributed by atoms with E-state index >= 15 is 0 Å². The van der Waals surface area contributed by atoms with Crippen LogP contribution in [0.5, 0.6) is 0 Å². The van der Waals surface area contributed by atoms with Crippen molar-refractivity contribution in [2.45, 2.75) is 13.0 Å². The van der Waals surface area contributed by atoms with Crippen LogP contribution >= 0.6 is 0 Å². The van der Waals surface area contributed by atoms with E-state index in [1.165, 1.54) is 0 Å². The number of hydrogen-bond donors (Lipinski definition) is 2. The highest BCUT2D eigenvalue weighted by Gasteiger charge is 2.19. The van der Waals surface area contributed by atoms with Gasteiger partial charge < -0.3 is 15.4 Å². The molecule has 0 saturated heterocycles. The smallest absolute Gasteiger partial charge is 0.372 e. The molecule has 0 aliphatic carbocycles. The molecule has 0 bridgehead atoms. The van der Waals surface area contributed by atoms with Crippen LogP contribution in [0.3, 0.4) is 0 Å². The number of hydrogen-bond acceptors (Lipinski definition) is 4. The number of nitrogen functional groups attached to an aromatic ring is 1. The molecular weight excluding hydrogens is 272 g/mol. The van der Waals surface area contributed by atoms with E-state index in [2.05, 4.69) is 0 Å². The van der Waals surface area contributed by atoms with Gasteiger partial charge in [-0.2, -0.15) is 0 Å². The molecule has 0 aliphatic rings. The van der Waals surface area contributed by atoms with Gasteiger partial charge in [-0.1, -0.05) is 12.1 Å². The minimum Gasteiger partial charge on any atom is -0.475 e. The lowest BCUT2D eigenvalue weighted by molar-refractivity contribution is -0.148. The van der Waals surface area contributed by atoms with E-state index in [0.29, 0.717) is 17.9 Å². The van der Waals surface area contributed by atoms with Crippen LogP contribution in [0.25, 0.3) is 0 Å². The van der Waals surface area contributed by atoms with E-state index in [0.717, 1.165) is 5.56 Å². The molecule has 0 fully saturated rings. The van der Waals surface area contributed by atoms with E-state index in [4.69, 9.17) is 10.8 Å². The van der Waals surface area contributed by atoms with Gasteiger partial charge in [0, 0.05) is 18.4 Å². The van der Waals surface area contributed by atoms with Crippen molar-refractivity contribution in [2.24, 2.45) is 0 Å². The maximum atomic E-state index is 12.0. The van der Waals surface area contributed by atoms with Gasteiger partial charge in [-0.15, -0.1) is 0 Å². The number of nitrogens with two attached hydrogens (primary N) is 1. The van der Waals surface area contributed by atoms with Crippen molar-refractivity contribution in [1.82, 2.24) is 4.57 Å². The molecule has 0 aliphatic heterocycles. The van der Waals surface area contributed by atoms with Gasteiger partial charge in [0.2, 0.25) is 5.78 Å². The van der Waals surface area contributed by atoms with Crippen LogP contribution in [0.2, 0.25) is 0 Å². The molecular formula is C15H14N2O4. The van der Waals surface area contributed by atoms with E-state index in [1.807, 2.05) is 12.1 Å². The molecule has 3 N–H and O–H groups in total. The van der Waals surface area contributed by atoms with Crippen LogP contribution in [-0.2, 0) is 16.1 Å². The first-order valence-corrected chi connectivity index (χ1v) is 6.26. The summed E-state index contributed by atoms with van der Waals surface area (Å²) in [5.41, 5.74) is 7.51. The number of ketones is 2. The highest BCUT2D eigenvalue weighted by atomic mass is 16.4. The summed E-state index contributed by atoms with van der Waals surface area (Å²) >= 11 is 0. The van der Waals surface area contributed by atoms with Crippen LogP contribution in [0.4, 0.5) is 5.69 Å². The Morgan fingerprint density at radius 1 is 1.10 bits per heavy atom. The van der Waals surface area contributed by atoms with Crippen molar-refractivity contribution in [2.75, 3.05) is 5.73 Å². The van der Waals surface area contributed by atoms with Gasteiger partial charge >= 0.3 is 5.97 Å². The lowest BCUT2D eigenvalue weighted by atomic mass is 10.1. The third-order valence-electron chi connectivity index (χ3n) is 3.01. The third kappa shape index (κ3) is 3.56. The first-order chi connectivity index (χ1) is 9.97. The van der Waals surface area contributed by atoms with Crippen molar-refractivity contribution in [3.63, 3.8) is 0 Å². The zero-order chi connectivity index (χ0) is 15.4. The quantitative estimate of drug-likeness (QED) is 0.361. The van der Waals surface area contributed by atoms with Gasteiger partial charge in [-0.25, -0.2) is 4.79 Å². The van der Waals surface area contributed by atoms with Crippen LogP contribution in [0.15, 0.2) is 42.6 Å². The minimum absolute atomic E-state index is 0.307. The van der Waals surface area contributed by atoms with E-state index in [9.17, 15) is 14.4 Å². The Labute approximate surface area is 120 Å². The van der Waals surface area contributed by atoms with Crippen LogP contribution in [0.1, 0.15) is 22.5 Å². The molecule has 2 aromatic rings. The number of Topliss-reactive ketones (excluding diaryl/α,β-unsaturated/α-hetero) is 2. The number of aromatic nitrogens is 1. The number of anilines is 1. The predicted molar refractivity (Wildman–Crippen MR) is 76.0 cm³/mol. The molecule has 108 valence electrons. The predicted octanol–water partition coefficient (Wildman–Crippen LogP) is 1.35. The Morgan fingerprint density at radius 2 is 1.76 bits per heavy atom. The van der Waals surface area contributed by atoms with E-state index in [-0.39, 0.29) is 0 Å². The summed E-state index contributed by atoms with van der Waals surface area (Å²) in [7, 11) is 0. The van der Waals surface area contributed by atoms with Crippen LogP contribution in [0, 0.1) is 0 Å². The van der Waals surface area contributed by atoms with Gasteiger partial charge in [0.25, 0.3) is 0 Å². The number of nitrogens with zero attached hydrogens (tertiary/aromatic N) is 1. The Kier molecular flexibility index (Phi) is 4.18. The maximum absolute atomic E-state index is 12.0. The summed E-state index contributed by atoms with van der Waals surface area (Å²) in [5.74, 6) is -3.22. The van der Waals surface area contributed by atoms with E-state index < -0.39 is 24.0 Å². The van der Waals surface area contributed by atoms with Crippen molar-refractivity contribution in [3.8, 4) is 0 Å². The zero-order valence-corrected chi connectivity index (χ0v) is 11.2. The molecule has 2 rings (SSSR count). The molecule has 21 heavy (non-hydrogen) atoms. The Bertz CT molecular complexity index is 686. The molecule has 0 radical (unpaired) electrons. The molecule has 0 saturated carbocycles. The molecule has 0 spiro atoms. The average Bonchev–Trinajstić information content (AvgIpc) is 2.89. The first-order valence-electron chi connectivity index (χ1n) is 6.26. The van der Waals surface area contributed by atoms with E-state index in [1.54, 1.807) is 35.0 Å². The van der Waals surface area contributed by atoms with Crippen molar-refractivity contribution in [3.05, 3.63) is 53.9 Å². The molecule has 1 aromatic heterocycles. The second-order valence-corrected chi connectivity index (χ2v) is 4.59. The highest BCUT2D eigenvalue weighted by Crippen LogP contribution is 2.12. The van der Waals surface area contributed by atoms with Crippen molar-refractivity contribution < 1.29 is 19.5 Å². The monoisotopic (exact) mass is 286 g/mol. The standard InChI is InChI=1S/C15H14N2O4/c16-11-5-3-10(4-6-11)9-17-7-1-2-12(17)13(18)8-14(19)15(20)21/h1-7H,8-9,16H2,(H,20,21). The summed E-state index contributed by atoms with van der Waals surface area (Å²) in [6.07, 6.45) is 1.07. The minimum atomic E-state index is -1.60. The SMILES string of the molecule is Nc1ccc(Cn2cccc2C(=O)CC(=O)C(=O)O)cc1. The number of carboxylic acid groups (broad SMARTS) is 1. The molecule has 1 heterocycles. The summed E-state index contributed by atoms with van der Waals surface area (Å²) in [6.45, 7) is 0.440. The fraction of sp³-hybridized carbons (Fsp3) is 0.133. The second-order valence-electron chi connectivity index (χ2n) is 4.59. The van der Waals surface area contributed by atoms with Crippen LogP contribution in [-0.4, -0.2) is 27.2 Å². The second kappa shape index (κ2) is 6.04. The number of aliphatic carboxylic acids is 1. The number of carboxylic acids is 1. The zero-order valence-electron chi connectivity index (χ0n) is 11.2. The number of benzene rings is 1. The van der Waals surface area contributed by atoms with Gasteiger partial charge in [-0.05, 0) is 29.8 Å². The highest BCUT2D eigenvalue weighted by molar-refractivity contribution is 6.37. The summed E-state index contributed by atoms with van der Waals surface area (Å²) < 4.78 is 1.67. The Hall–Kier alpha value is -2.89. The van der Waals surface area contributed by atoms with Gasteiger partial charge in [-0.3, -0.25) is 9.59 Å². The molecule has 0 unspecified atom stereocenters. The molecule has 0 atom stereocenters. The number of carbonyl (C=O) groups is 3. The summed E-state index contributed by atoms with van der Waals surface area (Å²) in [5, 5.41) is 8.54. The number of carbonyl (C=O) groups excluding carboxylic acids is 2. The summed E-state index contributed by atoms with van der Waals surface area (Å²) in [6, 6.07) is 10.4. The van der Waals surface area contributed by atoms with Crippen molar-refractivity contribution in [1.29, 1.82) is 0 Å². The summed E-state index contributed by atoms with van der Waals surface area (Å²) in [4.78, 5) is 33.6. The van der Waals surface area contributed by atoms with Crippen molar-refractivity contribution >= 4 is 23.2 Å². The third-order valence-corrected chi connectivity index (χ3v) is 3.01. The average molecular weight is 286 g/mol. The topological polar surface area (TPSA) is 102 Å². The Morgan fingerprint density at radius 3 is 2.38 bits per heavy atom. The van der Waals surface area contributed by atoms with Gasteiger partial charge in [0.15, 0.2) is 5.78 Å². The van der Waals surface area contributed by atoms with Crippen LogP contribution < -0.4 is 5.73 Å². The Balaban J connectivity index is 2.14. The molecule has 0 amide bonds. The first kappa shape index (κ1) is 14.5. The normalized spacial score (nSPS) is 10.3. The fourth-order valence-corrected chi connectivity index (χ4v) is 1.94. The largest absolute Gasteiger partial charge is 0.475 e. The van der Waals surface area contributed by atoms with Gasteiger partial charge in [0.05, 0.1) is 12.1 Å². The lowest BCUT2D eigenvalue weighted by Crippen LogP contribution is -2.19.